The average molecular weight is 414 g/mol. The van der Waals surface area contributed by atoms with Crippen LogP contribution in [0, 0.1) is 12.8 Å². The van der Waals surface area contributed by atoms with Crippen molar-refractivity contribution >= 4 is 23.3 Å². The van der Waals surface area contributed by atoms with Gasteiger partial charge in [-0.25, -0.2) is 4.68 Å². The predicted molar refractivity (Wildman–Crippen MR) is 117 cm³/mol. The van der Waals surface area contributed by atoms with Crippen LogP contribution in [0.3, 0.4) is 0 Å². The first-order valence-corrected chi connectivity index (χ1v) is 10.5. The lowest BCUT2D eigenvalue weighted by Crippen LogP contribution is -2.41. The Morgan fingerprint density at radius 2 is 1.90 bits per heavy atom. The van der Waals surface area contributed by atoms with E-state index in [-0.39, 0.29) is 17.7 Å². The highest BCUT2D eigenvalue weighted by Crippen LogP contribution is 2.34. The van der Waals surface area contributed by atoms with Gasteiger partial charge in [0.15, 0.2) is 5.82 Å². The number of amides is 2. The first-order chi connectivity index (χ1) is 14.5. The van der Waals surface area contributed by atoms with Gasteiger partial charge in [0.1, 0.15) is 5.69 Å². The van der Waals surface area contributed by atoms with Gasteiger partial charge in [-0.1, -0.05) is 18.2 Å². The summed E-state index contributed by atoms with van der Waals surface area (Å²) in [4.78, 5) is 26.5. The first-order valence-electron chi connectivity index (χ1n) is 10.5. The van der Waals surface area contributed by atoms with Gasteiger partial charge in [-0.2, -0.15) is 5.10 Å². The van der Waals surface area contributed by atoms with Crippen molar-refractivity contribution < 1.29 is 14.3 Å². The fourth-order valence-electron chi connectivity index (χ4n) is 3.80. The summed E-state index contributed by atoms with van der Waals surface area (Å²) >= 11 is 0. The zero-order chi connectivity index (χ0) is 21.5. The number of nitrogens with one attached hydrogen (secondary N) is 2. The maximum Gasteiger partial charge on any atom is 0.223 e. The van der Waals surface area contributed by atoms with E-state index in [1.165, 1.54) is 6.92 Å². The molecule has 0 radical (unpaired) electrons. The molecule has 30 heavy (non-hydrogen) atoms. The molecule has 1 aromatic carbocycles. The number of piperidine rings is 1. The monoisotopic (exact) mass is 413 g/mol. The standard InChI is InChI=1S/C22H31N5O3/c1-16-20(24-17(2)28)22(27(25-16)19-8-5-4-6-9-19)26-13-10-18(11-14-26)21(29)23-12-7-15-30-3/h4-6,8-9,18H,7,10-15H2,1-3H3,(H,23,29)(H,24,28). The zero-order valence-corrected chi connectivity index (χ0v) is 18.0. The summed E-state index contributed by atoms with van der Waals surface area (Å²) in [5.74, 6) is 0.855. The largest absolute Gasteiger partial charge is 0.385 e. The molecule has 1 fully saturated rings. The van der Waals surface area contributed by atoms with Crippen LogP contribution < -0.4 is 15.5 Å². The van der Waals surface area contributed by atoms with Gasteiger partial charge in [0.2, 0.25) is 11.8 Å². The Balaban J connectivity index is 1.76. The number of aromatic nitrogens is 2. The topological polar surface area (TPSA) is 88.5 Å². The molecule has 0 saturated carbocycles. The van der Waals surface area contributed by atoms with Gasteiger partial charge in [-0.05, 0) is 38.3 Å². The van der Waals surface area contributed by atoms with Crippen molar-refractivity contribution in [1.29, 1.82) is 0 Å². The minimum absolute atomic E-state index is 0.00204. The second-order valence-electron chi connectivity index (χ2n) is 7.61. The van der Waals surface area contributed by atoms with E-state index in [2.05, 4.69) is 15.5 Å². The number of benzene rings is 1. The Hall–Kier alpha value is -2.87. The molecule has 1 aliphatic heterocycles. The lowest BCUT2D eigenvalue weighted by Gasteiger charge is -2.33. The number of anilines is 2. The van der Waals surface area contributed by atoms with Crippen molar-refractivity contribution in [3.8, 4) is 5.69 Å². The van der Waals surface area contributed by atoms with Gasteiger partial charge >= 0.3 is 0 Å². The summed E-state index contributed by atoms with van der Waals surface area (Å²) in [6.07, 6.45) is 2.33. The fraction of sp³-hybridized carbons (Fsp3) is 0.500. The van der Waals surface area contributed by atoms with Crippen molar-refractivity contribution in [2.24, 2.45) is 5.92 Å². The second kappa shape index (κ2) is 10.2. The number of rotatable bonds is 8. The van der Waals surface area contributed by atoms with E-state index in [9.17, 15) is 9.59 Å². The maximum absolute atomic E-state index is 12.5. The quantitative estimate of drug-likeness (QED) is 0.649. The van der Waals surface area contributed by atoms with Gasteiger partial charge in [0.25, 0.3) is 0 Å². The SMILES string of the molecule is COCCCNC(=O)C1CCN(c2c(NC(C)=O)c(C)nn2-c2ccccc2)CC1. The molecule has 2 amide bonds. The van der Waals surface area contributed by atoms with Crippen LogP contribution >= 0.6 is 0 Å². The molecular formula is C22H31N5O3. The highest BCUT2D eigenvalue weighted by Gasteiger charge is 2.29. The minimum Gasteiger partial charge on any atom is -0.385 e. The van der Waals surface area contributed by atoms with Crippen molar-refractivity contribution in [3.05, 3.63) is 36.0 Å². The van der Waals surface area contributed by atoms with Crippen LogP contribution in [0.1, 0.15) is 31.9 Å². The van der Waals surface area contributed by atoms with Crippen LogP contribution in [0.15, 0.2) is 30.3 Å². The van der Waals surface area contributed by atoms with E-state index in [0.29, 0.717) is 13.2 Å². The first kappa shape index (κ1) is 21.8. The Labute approximate surface area is 177 Å². The smallest absolute Gasteiger partial charge is 0.223 e. The Bertz CT molecular complexity index is 857. The molecule has 0 unspecified atom stereocenters. The van der Waals surface area contributed by atoms with Crippen LogP contribution in [0.25, 0.3) is 5.69 Å². The zero-order valence-electron chi connectivity index (χ0n) is 18.0. The number of ether oxygens (including phenoxy) is 1. The van der Waals surface area contributed by atoms with E-state index >= 15 is 0 Å². The molecule has 2 aromatic rings. The normalized spacial score (nSPS) is 14.6. The van der Waals surface area contributed by atoms with Crippen molar-refractivity contribution in [2.45, 2.75) is 33.1 Å². The number of methoxy groups -OCH3 is 1. The van der Waals surface area contributed by atoms with E-state index < -0.39 is 0 Å². The number of carbonyl (C=O) groups is 2. The van der Waals surface area contributed by atoms with Crippen LogP contribution in [-0.4, -0.2) is 54.9 Å². The van der Waals surface area contributed by atoms with Gasteiger partial charge in [0, 0.05) is 46.2 Å². The lowest BCUT2D eigenvalue weighted by molar-refractivity contribution is -0.125. The van der Waals surface area contributed by atoms with Gasteiger partial charge in [-0.3, -0.25) is 9.59 Å². The molecule has 2 N–H and O–H groups in total. The van der Waals surface area contributed by atoms with Crippen LogP contribution in [-0.2, 0) is 14.3 Å². The van der Waals surface area contributed by atoms with E-state index in [1.54, 1.807) is 7.11 Å². The number of hydrogen-bond donors (Lipinski definition) is 2. The summed E-state index contributed by atoms with van der Waals surface area (Å²) < 4.78 is 6.91. The molecule has 1 aliphatic rings. The van der Waals surface area contributed by atoms with E-state index in [1.807, 2.05) is 41.9 Å². The number of hydrogen-bond acceptors (Lipinski definition) is 5. The molecule has 8 nitrogen and oxygen atoms in total. The van der Waals surface area contributed by atoms with Gasteiger partial charge < -0.3 is 20.3 Å². The molecule has 0 aliphatic carbocycles. The summed E-state index contributed by atoms with van der Waals surface area (Å²) in [5, 5.41) is 10.6. The van der Waals surface area contributed by atoms with E-state index in [4.69, 9.17) is 9.84 Å². The molecule has 0 spiro atoms. The molecule has 2 heterocycles. The fourth-order valence-corrected chi connectivity index (χ4v) is 3.80. The summed E-state index contributed by atoms with van der Waals surface area (Å²) in [6, 6.07) is 9.88. The van der Waals surface area contributed by atoms with E-state index in [0.717, 1.165) is 55.2 Å². The maximum atomic E-state index is 12.5. The Morgan fingerprint density at radius 3 is 2.53 bits per heavy atom. The van der Waals surface area contributed by atoms with Crippen molar-refractivity contribution in [1.82, 2.24) is 15.1 Å². The summed E-state index contributed by atoms with van der Waals surface area (Å²) in [6.45, 7) is 6.13. The molecule has 3 rings (SSSR count). The summed E-state index contributed by atoms with van der Waals surface area (Å²) in [7, 11) is 1.66. The number of para-hydroxylation sites is 1. The molecule has 0 atom stereocenters. The Kier molecular flexibility index (Phi) is 7.46. The molecule has 8 heteroatoms. The van der Waals surface area contributed by atoms with Crippen LogP contribution in [0.2, 0.25) is 0 Å². The lowest BCUT2D eigenvalue weighted by atomic mass is 9.95. The molecular weight excluding hydrogens is 382 g/mol. The van der Waals surface area contributed by atoms with Crippen LogP contribution in [0.4, 0.5) is 11.5 Å². The molecule has 0 bridgehead atoms. The Morgan fingerprint density at radius 1 is 1.20 bits per heavy atom. The minimum atomic E-state index is -0.128. The summed E-state index contributed by atoms with van der Waals surface area (Å²) in [5.41, 5.74) is 2.43. The predicted octanol–water partition coefficient (Wildman–Crippen LogP) is 2.51. The number of aryl methyl sites for hydroxylation is 1. The molecule has 1 saturated heterocycles. The van der Waals surface area contributed by atoms with Crippen LogP contribution in [0.5, 0.6) is 0 Å². The second-order valence-corrected chi connectivity index (χ2v) is 7.61. The highest BCUT2D eigenvalue weighted by molar-refractivity contribution is 5.93. The average Bonchev–Trinajstić information content (AvgIpc) is 3.07. The van der Waals surface area contributed by atoms with Gasteiger partial charge in [0.05, 0.1) is 11.4 Å². The van der Waals surface area contributed by atoms with Crippen molar-refractivity contribution in [2.75, 3.05) is 43.6 Å². The third-order valence-corrected chi connectivity index (χ3v) is 5.33. The number of nitrogens with zero attached hydrogens (tertiary/aromatic N) is 3. The third kappa shape index (κ3) is 5.18. The number of carbonyl (C=O) groups excluding carboxylic acids is 2. The van der Waals surface area contributed by atoms with Gasteiger partial charge in [-0.15, -0.1) is 0 Å². The van der Waals surface area contributed by atoms with Crippen molar-refractivity contribution in [3.63, 3.8) is 0 Å². The highest BCUT2D eigenvalue weighted by atomic mass is 16.5. The molecule has 162 valence electrons. The third-order valence-electron chi connectivity index (χ3n) is 5.33. The molecule has 1 aromatic heterocycles.